The number of hydrogen-bond acceptors (Lipinski definition) is 3. The molecule has 0 aliphatic carbocycles. The van der Waals surface area contributed by atoms with Crippen molar-refractivity contribution in [2.24, 2.45) is 0 Å². The van der Waals surface area contributed by atoms with Gasteiger partial charge in [0.25, 0.3) is 11.8 Å². The van der Waals surface area contributed by atoms with Crippen molar-refractivity contribution >= 4 is 40.7 Å². The fourth-order valence-corrected chi connectivity index (χ4v) is 3.52. The number of amides is 2. The van der Waals surface area contributed by atoms with E-state index in [2.05, 4.69) is 10.9 Å². The van der Waals surface area contributed by atoms with Gasteiger partial charge in [-0.15, -0.1) is 0 Å². The number of nitrogens with one attached hydrogen (secondary N) is 2. The number of halogens is 5. The number of alkyl halides is 3. The molecule has 0 bridgehead atoms. The summed E-state index contributed by atoms with van der Waals surface area (Å²) in [5.74, 6) is -1.09. The van der Waals surface area contributed by atoms with Crippen molar-refractivity contribution in [3.8, 4) is 0 Å². The van der Waals surface area contributed by atoms with Gasteiger partial charge in [0.2, 0.25) is 0 Å². The number of benzene rings is 2. The zero-order valence-electron chi connectivity index (χ0n) is 14.9. The SMILES string of the molecule is O=C(NNc1ccccc1C(F)(F)F)C1CCCN1C(=O)c1cc(Cl)ccc1Cl. The van der Waals surface area contributed by atoms with E-state index in [0.717, 1.165) is 6.07 Å². The number of hydrazine groups is 1. The molecular weight excluding hydrogens is 430 g/mol. The molecule has 1 heterocycles. The third kappa shape index (κ3) is 4.76. The van der Waals surface area contributed by atoms with Crippen molar-refractivity contribution in [1.29, 1.82) is 0 Å². The first kappa shape index (κ1) is 21.3. The summed E-state index contributed by atoms with van der Waals surface area (Å²) in [6.07, 6.45) is -3.63. The minimum atomic E-state index is -4.58. The van der Waals surface area contributed by atoms with Crippen LogP contribution >= 0.6 is 23.2 Å². The Morgan fingerprint density at radius 2 is 1.83 bits per heavy atom. The van der Waals surface area contributed by atoms with Gasteiger partial charge in [0.1, 0.15) is 6.04 Å². The molecule has 154 valence electrons. The third-order valence-corrected chi connectivity index (χ3v) is 5.09. The Morgan fingerprint density at radius 3 is 2.55 bits per heavy atom. The van der Waals surface area contributed by atoms with Crippen LogP contribution in [0.1, 0.15) is 28.8 Å². The molecule has 1 unspecified atom stereocenters. The quantitative estimate of drug-likeness (QED) is 0.666. The lowest BCUT2D eigenvalue weighted by Gasteiger charge is -2.25. The second kappa shape index (κ2) is 8.51. The average Bonchev–Trinajstić information content (AvgIpc) is 3.17. The van der Waals surface area contributed by atoms with Crippen molar-refractivity contribution in [2.45, 2.75) is 25.1 Å². The molecule has 2 aromatic rings. The highest BCUT2D eigenvalue weighted by Crippen LogP contribution is 2.34. The highest BCUT2D eigenvalue weighted by Gasteiger charge is 2.36. The number of carbonyl (C=O) groups is 2. The van der Waals surface area contributed by atoms with Gasteiger partial charge in [-0.25, -0.2) is 0 Å². The molecule has 2 N–H and O–H groups in total. The van der Waals surface area contributed by atoms with E-state index in [4.69, 9.17) is 23.2 Å². The van der Waals surface area contributed by atoms with Crippen LogP contribution < -0.4 is 10.9 Å². The Morgan fingerprint density at radius 1 is 1.10 bits per heavy atom. The molecule has 2 amide bonds. The van der Waals surface area contributed by atoms with Crippen LogP contribution in [0, 0.1) is 0 Å². The Hall–Kier alpha value is -2.45. The summed E-state index contributed by atoms with van der Waals surface area (Å²) in [6, 6.07) is 8.36. The van der Waals surface area contributed by atoms with Gasteiger partial charge >= 0.3 is 6.18 Å². The summed E-state index contributed by atoms with van der Waals surface area (Å²) in [6.45, 7) is 0.318. The highest BCUT2D eigenvalue weighted by molar-refractivity contribution is 6.35. The van der Waals surface area contributed by atoms with Gasteiger partial charge in [-0.1, -0.05) is 35.3 Å². The first-order valence-corrected chi connectivity index (χ1v) is 9.42. The van der Waals surface area contributed by atoms with Gasteiger partial charge in [-0.2, -0.15) is 13.2 Å². The number of carbonyl (C=O) groups excluding carboxylic acids is 2. The fourth-order valence-electron chi connectivity index (χ4n) is 3.15. The van der Waals surface area contributed by atoms with Crippen molar-refractivity contribution in [3.05, 3.63) is 63.6 Å². The number of para-hydroxylation sites is 1. The van der Waals surface area contributed by atoms with Crippen LogP contribution in [-0.4, -0.2) is 29.3 Å². The Labute approximate surface area is 174 Å². The van der Waals surface area contributed by atoms with Crippen LogP contribution in [0.2, 0.25) is 10.0 Å². The van der Waals surface area contributed by atoms with Crippen LogP contribution in [0.25, 0.3) is 0 Å². The average molecular weight is 446 g/mol. The first-order chi connectivity index (χ1) is 13.7. The normalized spacial score (nSPS) is 16.6. The van der Waals surface area contributed by atoms with Gasteiger partial charge in [-0.3, -0.25) is 20.4 Å². The first-order valence-electron chi connectivity index (χ1n) is 8.66. The predicted molar refractivity (Wildman–Crippen MR) is 104 cm³/mol. The van der Waals surface area contributed by atoms with Gasteiger partial charge < -0.3 is 4.90 Å². The van der Waals surface area contributed by atoms with E-state index in [1.165, 1.54) is 41.3 Å². The Kier molecular flexibility index (Phi) is 6.24. The number of nitrogens with zero attached hydrogens (tertiary/aromatic N) is 1. The minimum absolute atomic E-state index is 0.161. The van der Waals surface area contributed by atoms with E-state index in [9.17, 15) is 22.8 Å². The Balaban J connectivity index is 1.73. The van der Waals surface area contributed by atoms with Crippen LogP contribution in [-0.2, 0) is 11.0 Å². The fraction of sp³-hybridized carbons (Fsp3) is 0.263. The van der Waals surface area contributed by atoms with E-state index in [-0.39, 0.29) is 16.3 Å². The van der Waals surface area contributed by atoms with Gasteiger partial charge in [-0.05, 0) is 43.2 Å². The molecule has 0 aromatic heterocycles. The molecule has 3 rings (SSSR count). The molecule has 0 spiro atoms. The lowest BCUT2D eigenvalue weighted by atomic mass is 10.1. The molecule has 0 saturated carbocycles. The van der Waals surface area contributed by atoms with Crippen molar-refractivity contribution in [3.63, 3.8) is 0 Å². The van der Waals surface area contributed by atoms with Crippen molar-refractivity contribution < 1.29 is 22.8 Å². The Bertz CT molecular complexity index is 937. The van der Waals surface area contributed by atoms with Crippen LogP contribution in [0.15, 0.2) is 42.5 Å². The largest absolute Gasteiger partial charge is 0.418 e. The molecule has 0 radical (unpaired) electrons. The maximum Gasteiger partial charge on any atom is 0.418 e. The molecule has 29 heavy (non-hydrogen) atoms. The smallest absolute Gasteiger partial charge is 0.327 e. The zero-order valence-corrected chi connectivity index (χ0v) is 16.4. The van der Waals surface area contributed by atoms with E-state index in [0.29, 0.717) is 24.4 Å². The molecule has 2 aromatic carbocycles. The summed E-state index contributed by atoms with van der Waals surface area (Å²) in [4.78, 5) is 26.7. The number of likely N-dealkylation sites (tertiary alicyclic amines) is 1. The second-order valence-corrected chi connectivity index (χ2v) is 7.28. The van der Waals surface area contributed by atoms with E-state index in [1.807, 2.05) is 0 Å². The molecule has 5 nitrogen and oxygen atoms in total. The zero-order chi connectivity index (χ0) is 21.2. The minimum Gasteiger partial charge on any atom is -0.327 e. The van der Waals surface area contributed by atoms with E-state index in [1.54, 1.807) is 0 Å². The van der Waals surface area contributed by atoms with Gasteiger partial charge in [0.05, 0.1) is 21.8 Å². The molecule has 10 heteroatoms. The summed E-state index contributed by atoms with van der Waals surface area (Å²) >= 11 is 12.0. The number of hydrogen-bond donors (Lipinski definition) is 2. The molecule has 1 fully saturated rings. The molecule has 1 saturated heterocycles. The molecule has 1 aliphatic rings. The second-order valence-electron chi connectivity index (χ2n) is 6.44. The topological polar surface area (TPSA) is 61.4 Å². The van der Waals surface area contributed by atoms with Crippen molar-refractivity contribution in [2.75, 3.05) is 12.0 Å². The van der Waals surface area contributed by atoms with E-state index < -0.39 is 29.6 Å². The summed E-state index contributed by atoms with van der Waals surface area (Å²) in [5.41, 5.74) is 3.55. The van der Waals surface area contributed by atoms with Crippen molar-refractivity contribution in [1.82, 2.24) is 10.3 Å². The maximum absolute atomic E-state index is 13.1. The molecular formula is C19H16Cl2F3N3O2. The summed E-state index contributed by atoms with van der Waals surface area (Å²) < 4.78 is 39.2. The number of rotatable bonds is 4. The van der Waals surface area contributed by atoms with E-state index >= 15 is 0 Å². The van der Waals surface area contributed by atoms with Crippen LogP contribution in [0.4, 0.5) is 18.9 Å². The van der Waals surface area contributed by atoms with Crippen LogP contribution in [0.3, 0.4) is 0 Å². The standard InChI is InChI=1S/C19H16Cl2F3N3O2/c20-11-7-8-14(21)12(10-11)18(29)27-9-3-6-16(27)17(28)26-25-15-5-2-1-4-13(15)19(22,23)24/h1-2,4-5,7-8,10,16,25H,3,6,9H2,(H,26,28). The van der Waals surface area contributed by atoms with Gasteiger partial charge in [0.15, 0.2) is 0 Å². The summed E-state index contributed by atoms with van der Waals surface area (Å²) in [7, 11) is 0. The maximum atomic E-state index is 13.1. The van der Waals surface area contributed by atoms with Gasteiger partial charge in [0, 0.05) is 11.6 Å². The monoisotopic (exact) mass is 445 g/mol. The lowest BCUT2D eigenvalue weighted by molar-refractivity contribution is -0.137. The molecule has 1 aliphatic heterocycles. The predicted octanol–water partition coefficient (Wildman–Crippen LogP) is 4.76. The summed E-state index contributed by atoms with van der Waals surface area (Å²) in [5, 5.41) is 0.520. The highest BCUT2D eigenvalue weighted by atomic mass is 35.5. The van der Waals surface area contributed by atoms with Crippen LogP contribution in [0.5, 0.6) is 0 Å². The molecule has 1 atom stereocenters. The number of anilines is 1. The third-order valence-electron chi connectivity index (χ3n) is 4.53. The lowest BCUT2D eigenvalue weighted by Crippen LogP contribution is -2.47.